The molecule has 11 heavy (non-hydrogen) atoms. The topological polar surface area (TPSA) is 60.7 Å². The van der Waals surface area contributed by atoms with Crippen molar-refractivity contribution in [2.75, 3.05) is 13.2 Å². The van der Waals surface area contributed by atoms with Crippen LogP contribution in [0.5, 0.6) is 0 Å². The summed E-state index contributed by atoms with van der Waals surface area (Å²) in [6.45, 7) is 0.317. The smallest absolute Gasteiger partial charge is 0.0934 e. The van der Waals surface area contributed by atoms with Crippen LogP contribution in [0, 0.1) is 6.10 Å². The number of aliphatic hydroxyl groups is 3. The fourth-order valence-corrected chi connectivity index (χ4v) is 0.849. The Hall–Kier alpha value is -0.120. The first-order valence-electron chi connectivity index (χ1n) is 4.06. The van der Waals surface area contributed by atoms with Crippen LogP contribution in [0.15, 0.2) is 0 Å². The highest BCUT2D eigenvalue weighted by atomic mass is 16.3. The zero-order valence-corrected chi connectivity index (χ0v) is 6.79. The predicted octanol–water partition coefficient (Wildman–Crippen LogP) is 0.826. The van der Waals surface area contributed by atoms with Crippen molar-refractivity contribution in [1.82, 2.24) is 0 Å². The largest absolute Gasteiger partial charge is 0.396 e. The van der Waals surface area contributed by atoms with E-state index in [1.807, 2.05) is 0 Å². The third-order valence-corrected chi connectivity index (χ3v) is 1.50. The second-order valence-electron chi connectivity index (χ2n) is 2.57. The zero-order valence-electron chi connectivity index (χ0n) is 6.79. The number of aliphatic hydroxyl groups excluding tert-OH is 3. The van der Waals surface area contributed by atoms with E-state index in [1.54, 1.807) is 0 Å². The molecule has 67 valence electrons. The van der Waals surface area contributed by atoms with Gasteiger partial charge in [-0.1, -0.05) is 0 Å². The summed E-state index contributed by atoms with van der Waals surface area (Å²) in [5.74, 6) is 0. The van der Waals surface area contributed by atoms with E-state index >= 15 is 0 Å². The lowest BCUT2D eigenvalue weighted by Crippen LogP contribution is -1.98. The Kier molecular flexibility index (Phi) is 7.89. The van der Waals surface area contributed by atoms with Crippen molar-refractivity contribution < 1.29 is 15.3 Å². The van der Waals surface area contributed by atoms with Gasteiger partial charge < -0.3 is 15.3 Å². The molecule has 3 N–H and O–H groups in total. The molecule has 3 heteroatoms. The van der Waals surface area contributed by atoms with Crippen molar-refractivity contribution in [2.24, 2.45) is 0 Å². The van der Waals surface area contributed by atoms with Crippen LogP contribution in [-0.2, 0) is 0 Å². The molecule has 0 saturated heterocycles. The molecular formula is C8H17O3. The van der Waals surface area contributed by atoms with Crippen LogP contribution in [0.2, 0.25) is 0 Å². The summed E-state index contributed by atoms with van der Waals surface area (Å²) in [5, 5.41) is 26.0. The van der Waals surface area contributed by atoms with Crippen LogP contribution < -0.4 is 0 Å². The number of hydrogen-bond acceptors (Lipinski definition) is 3. The van der Waals surface area contributed by atoms with Gasteiger partial charge in [0, 0.05) is 13.2 Å². The third-order valence-electron chi connectivity index (χ3n) is 1.50. The van der Waals surface area contributed by atoms with Crippen molar-refractivity contribution in [1.29, 1.82) is 0 Å². The van der Waals surface area contributed by atoms with E-state index < -0.39 is 0 Å². The lowest BCUT2D eigenvalue weighted by atomic mass is 10.1. The highest BCUT2D eigenvalue weighted by Crippen LogP contribution is 2.12. The van der Waals surface area contributed by atoms with E-state index in [-0.39, 0.29) is 13.2 Å². The minimum atomic E-state index is 0.129. The second-order valence-corrected chi connectivity index (χ2v) is 2.57. The Morgan fingerprint density at radius 3 is 1.91 bits per heavy atom. The highest BCUT2D eigenvalue weighted by molar-refractivity contribution is 4.74. The lowest BCUT2D eigenvalue weighted by molar-refractivity contribution is 0.223. The van der Waals surface area contributed by atoms with E-state index in [4.69, 9.17) is 15.3 Å². The van der Waals surface area contributed by atoms with Gasteiger partial charge in [0.2, 0.25) is 0 Å². The minimum absolute atomic E-state index is 0.129. The fraction of sp³-hybridized carbons (Fsp3) is 0.875. The summed E-state index contributed by atoms with van der Waals surface area (Å²) >= 11 is 0. The SMILES string of the molecule is OCCCC[C](O)CCCO. The van der Waals surface area contributed by atoms with Crippen LogP contribution in [0.1, 0.15) is 32.1 Å². The van der Waals surface area contributed by atoms with Crippen molar-refractivity contribution in [3.05, 3.63) is 6.10 Å². The standard InChI is InChI=1S/C8H17O3/c9-6-2-1-4-8(11)5-3-7-10/h9-11H,1-7H2. The Balaban J connectivity index is 3.02. The Bertz CT molecular complexity index is 75.7. The molecule has 0 amide bonds. The zero-order chi connectivity index (χ0) is 8.53. The van der Waals surface area contributed by atoms with Gasteiger partial charge in [-0.2, -0.15) is 0 Å². The molecule has 0 rings (SSSR count). The van der Waals surface area contributed by atoms with Gasteiger partial charge >= 0.3 is 0 Å². The average Bonchev–Trinajstić information content (AvgIpc) is 2.01. The summed E-state index contributed by atoms with van der Waals surface area (Å²) < 4.78 is 0. The van der Waals surface area contributed by atoms with Gasteiger partial charge in [-0.05, 0) is 32.1 Å². The van der Waals surface area contributed by atoms with E-state index in [0.29, 0.717) is 25.4 Å². The first-order valence-corrected chi connectivity index (χ1v) is 4.06. The van der Waals surface area contributed by atoms with E-state index in [9.17, 15) is 0 Å². The molecule has 0 aliphatic carbocycles. The predicted molar refractivity (Wildman–Crippen MR) is 42.4 cm³/mol. The van der Waals surface area contributed by atoms with E-state index in [0.717, 1.165) is 12.8 Å². The fourth-order valence-electron chi connectivity index (χ4n) is 0.849. The second kappa shape index (κ2) is 7.98. The minimum Gasteiger partial charge on any atom is -0.396 e. The normalized spacial score (nSPS) is 10.9. The maximum atomic E-state index is 9.13. The molecule has 1 radical (unpaired) electrons. The molecule has 0 atom stereocenters. The highest BCUT2D eigenvalue weighted by Gasteiger charge is 2.03. The van der Waals surface area contributed by atoms with Crippen LogP contribution >= 0.6 is 0 Å². The van der Waals surface area contributed by atoms with Gasteiger partial charge in [0.25, 0.3) is 0 Å². The average molecular weight is 161 g/mol. The van der Waals surface area contributed by atoms with Gasteiger partial charge in [-0.25, -0.2) is 0 Å². The molecule has 0 aliphatic rings. The summed E-state index contributed by atoms with van der Waals surface area (Å²) in [4.78, 5) is 0. The van der Waals surface area contributed by atoms with Crippen LogP contribution in [0.25, 0.3) is 0 Å². The molecular weight excluding hydrogens is 144 g/mol. The number of hydrogen-bond donors (Lipinski definition) is 3. The summed E-state index contributed by atoms with van der Waals surface area (Å²) in [6.07, 6.45) is 3.87. The molecule has 0 unspecified atom stereocenters. The monoisotopic (exact) mass is 161 g/mol. The first-order chi connectivity index (χ1) is 5.31. The van der Waals surface area contributed by atoms with Gasteiger partial charge in [-0.3, -0.25) is 0 Å². The van der Waals surface area contributed by atoms with Crippen LogP contribution in [-0.4, -0.2) is 28.5 Å². The van der Waals surface area contributed by atoms with Crippen LogP contribution in [0.4, 0.5) is 0 Å². The summed E-state index contributed by atoms with van der Waals surface area (Å²) in [7, 11) is 0. The molecule has 0 fully saturated rings. The van der Waals surface area contributed by atoms with Crippen molar-refractivity contribution in [3.63, 3.8) is 0 Å². The molecule has 0 aromatic rings. The maximum absolute atomic E-state index is 9.13. The Morgan fingerprint density at radius 2 is 1.36 bits per heavy atom. The summed E-state index contributed by atoms with van der Waals surface area (Å²) in [5.41, 5.74) is 0. The molecule has 0 aromatic carbocycles. The quantitative estimate of drug-likeness (QED) is 0.484. The molecule has 0 bridgehead atoms. The molecule has 3 nitrogen and oxygen atoms in total. The maximum Gasteiger partial charge on any atom is 0.0934 e. The Labute approximate surface area is 67.7 Å². The van der Waals surface area contributed by atoms with Gasteiger partial charge in [0.1, 0.15) is 0 Å². The van der Waals surface area contributed by atoms with Gasteiger partial charge in [-0.15, -0.1) is 0 Å². The lowest BCUT2D eigenvalue weighted by Gasteiger charge is -2.06. The molecule has 0 aliphatic heterocycles. The van der Waals surface area contributed by atoms with E-state index in [1.165, 1.54) is 0 Å². The van der Waals surface area contributed by atoms with Crippen molar-refractivity contribution in [3.8, 4) is 0 Å². The first kappa shape index (κ1) is 10.9. The third kappa shape index (κ3) is 7.78. The molecule has 0 heterocycles. The van der Waals surface area contributed by atoms with Gasteiger partial charge in [0.05, 0.1) is 6.10 Å². The summed E-state index contributed by atoms with van der Waals surface area (Å²) in [6, 6.07) is 0. The van der Waals surface area contributed by atoms with Crippen molar-refractivity contribution >= 4 is 0 Å². The van der Waals surface area contributed by atoms with Crippen LogP contribution in [0.3, 0.4) is 0 Å². The van der Waals surface area contributed by atoms with E-state index in [2.05, 4.69) is 0 Å². The molecule has 0 spiro atoms. The Morgan fingerprint density at radius 1 is 0.818 bits per heavy atom. The number of unbranched alkanes of at least 4 members (excludes halogenated alkanes) is 1. The number of rotatable bonds is 7. The molecule has 0 saturated carbocycles. The molecule has 0 aromatic heterocycles. The van der Waals surface area contributed by atoms with Crippen molar-refractivity contribution in [2.45, 2.75) is 32.1 Å². The van der Waals surface area contributed by atoms with Gasteiger partial charge in [0.15, 0.2) is 0 Å².